The molecule has 3 heterocycles. The molecule has 2 saturated heterocycles. The smallest absolute Gasteiger partial charge is 0.184 e. The lowest BCUT2D eigenvalue weighted by atomic mass is 10.2. The van der Waals surface area contributed by atoms with Gasteiger partial charge in [0, 0.05) is 0 Å². The molecule has 0 N–H and O–H groups in total. The summed E-state index contributed by atoms with van der Waals surface area (Å²) in [6.07, 6.45) is 0. The van der Waals surface area contributed by atoms with Crippen molar-refractivity contribution in [2.45, 2.75) is 13.0 Å². The summed E-state index contributed by atoms with van der Waals surface area (Å²) in [6, 6.07) is 7.12. The Kier molecular flexibility index (Phi) is 3.46. The summed E-state index contributed by atoms with van der Waals surface area (Å²) in [6.45, 7) is 9.87. The molecule has 3 aliphatic heterocycles. The zero-order valence-electron chi connectivity index (χ0n) is 11.8. The second-order valence-electron chi connectivity index (χ2n) is 5.99. The van der Waals surface area contributed by atoms with Crippen LogP contribution in [0.25, 0.3) is 0 Å². The van der Waals surface area contributed by atoms with Gasteiger partial charge in [-0.15, -0.1) is 0 Å². The number of rotatable bonds is 1. The third-order valence-electron chi connectivity index (χ3n) is 4.95. The van der Waals surface area contributed by atoms with Gasteiger partial charge < -0.3 is 31.3 Å². The van der Waals surface area contributed by atoms with Gasteiger partial charge >= 0.3 is 0 Å². The molecule has 3 aliphatic rings. The van der Waals surface area contributed by atoms with Crippen molar-refractivity contribution in [2.24, 2.45) is 0 Å². The fraction of sp³-hybridized carbons (Fsp3) is 0.600. The Morgan fingerprint density at radius 1 is 1.15 bits per heavy atom. The largest absolute Gasteiger partial charge is 1.00 e. The number of piperazine rings is 1. The molecule has 0 bridgehead atoms. The predicted molar refractivity (Wildman–Crippen MR) is 74.0 cm³/mol. The maximum absolute atomic E-state index is 5.82. The van der Waals surface area contributed by atoms with Crippen LogP contribution in [0.15, 0.2) is 18.2 Å². The van der Waals surface area contributed by atoms with Crippen LogP contribution < -0.4 is 26.8 Å². The van der Waals surface area contributed by atoms with Gasteiger partial charge in [-0.2, -0.15) is 0 Å². The Morgan fingerprint density at radius 3 is 2.55 bits per heavy atom. The van der Waals surface area contributed by atoms with Crippen molar-refractivity contribution in [1.29, 1.82) is 0 Å². The standard InChI is InChI=1S/C15H21N2O2.ClH/c1-12-11-17(12)7-5-16(6-8-17)13-3-2-4-14-15(13)19-10-9-18-14;/h2-4,12H,5-11H2,1H3;1H/q+1;/p-1. The monoisotopic (exact) mass is 296 g/mol. The quantitative estimate of drug-likeness (QED) is 0.465. The minimum Gasteiger partial charge on any atom is -1.00 e. The van der Waals surface area contributed by atoms with Crippen LogP contribution in [0.1, 0.15) is 6.92 Å². The number of nitrogens with zero attached hydrogens (tertiary/aromatic N) is 2. The highest BCUT2D eigenvalue weighted by molar-refractivity contribution is 5.65. The van der Waals surface area contributed by atoms with Gasteiger partial charge in [-0.1, -0.05) is 6.07 Å². The van der Waals surface area contributed by atoms with Gasteiger partial charge in [0.1, 0.15) is 25.8 Å². The van der Waals surface area contributed by atoms with Crippen LogP contribution in [0.5, 0.6) is 11.5 Å². The molecule has 0 aliphatic carbocycles. The van der Waals surface area contributed by atoms with Crippen LogP contribution >= 0.6 is 0 Å². The van der Waals surface area contributed by atoms with Crippen molar-refractivity contribution in [3.05, 3.63) is 18.2 Å². The Morgan fingerprint density at radius 2 is 1.85 bits per heavy atom. The molecule has 5 heteroatoms. The SMILES string of the molecule is CC1C[N+]12CCN(c1cccc3c1OCCO3)CC2.[Cl-]. The zero-order valence-corrected chi connectivity index (χ0v) is 12.6. The number of anilines is 1. The second kappa shape index (κ2) is 5.01. The van der Waals surface area contributed by atoms with E-state index in [4.69, 9.17) is 9.47 Å². The fourth-order valence-electron chi connectivity index (χ4n) is 3.51. The van der Waals surface area contributed by atoms with E-state index in [2.05, 4.69) is 24.0 Å². The van der Waals surface area contributed by atoms with E-state index in [1.807, 2.05) is 6.07 Å². The molecule has 110 valence electrons. The lowest BCUT2D eigenvalue weighted by Gasteiger charge is -2.36. The van der Waals surface area contributed by atoms with Crippen LogP contribution in [0.2, 0.25) is 0 Å². The van der Waals surface area contributed by atoms with Gasteiger partial charge in [-0.25, -0.2) is 0 Å². The maximum Gasteiger partial charge on any atom is 0.184 e. The van der Waals surface area contributed by atoms with E-state index in [0.29, 0.717) is 13.2 Å². The van der Waals surface area contributed by atoms with Crippen molar-refractivity contribution in [1.82, 2.24) is 0 Å². The highest BCUT2D eigenvalue weighted by atomic mass is 35.5. The molecule has 20 heavy (non-hydrogen) atoms. The lowest BCUT2D eigenvalue weighted by Crippen LogP contribution is -3.00. The number of benzene rings is 1. The van der Waals surface area contributed by atoms with Crippen molar-refractivity contribution in [3.63, 3.8) is 0 Å². The second-order valence-corrected chi connectivity index (χ2v) is 5.99. The molecule has 0 amide bonds. The first-order chi connectivity index (χ1) is 9.28. The number of para-hydroxylation sites is 1. The third kappa shape index (κ3) is 2.11. The van der Waals surface area contributed by atoms with Gasteiger partial charge in [0.2, 0.25) is 0 Å². The molecular formula is C15H21ClN2O2. The van der Waals surface area contributed by atoms with Crippen LogP contribution in [-0.2, 0) is 0 Å². The number of halogens is 1. The van der Waals surface area contributed by atoms with Gasteiger partial charge in [0.05, 0.1) is 31.9 Å². The first-order valence-corrected chi connectivity index (χ1v) is 7.28. The molecule has 4 rings (SSSR count). The van der Waals surface area contributed by atoms with Crippen molar-refractivity contribution < 1.29 is 26.4 Å². The molecule has 2 fully saturated rings. The number of quaternary nitrogens is 1. The number of hydrogen-bond acceptors (Lipinski definition) is 3. The highest BCUT2D eigenvalue weighted by Gasteiger charge is 2.52. The molecule has 1 unspecified atom stereocenters. The van der Waals surface area contributed by atoms with E-state index >= 15 is 0 Å². The van der Waals surface area contributed by atoms with E-state index in [0.717, 1.165) is 30.6 Å². The van der Waals surface area contributed by atoms with Crippen molar-refractivity contribution in [2.75, 3.05) is 50.8 Å². The Balaban J connectivity index is 0.00000121. The molecule has 0 aromatic heterocycles. The Hall–Kier alpha value is -1.13. The van der Waals surface area contributed by atoms with E-state index in [1.54, 1.807) is 0 Å². The maximum atomic E-state index is 5.82. The Labute approximate surface area is 126 Å². The molecule has 1 atom stereocenters. The molecule has 4 nitrogen and oxygen atoms in total. The summed E-state index contributed by atoms with van der Waals surface area (Å²) in [7, 11) is 0. The van der Waals surface area contributed by atoms with E-state index in [-0.39, 0.29) is 12.4 Å². The highest BCUT2D eigenvalue weighted by Crippen LogP contribution is 2.41. The van der Waals surface area contributed by atoms with E-state index in [9.17, 15) is 0 Å². The molecular weight excluding hydrogens is 276 g/mol. The normalized spacial score (nSPS) is 26.1. The fourth-order valence-corrected chi connectivity index (χ4v) is 3.51. The summed E-state index contributed by atoms with van der Waals surface area (Å²) in [5.41, 5.74) is 1.21. The van der Waals surface area contributed by atoms with Crippen LogP contribution in [0.4, 0.5) is 5.69 Å². The number of ether oxygens (including phenoxy) is 2. The topological polar surface area (TPSA) is 21.7 Å². The molecule has 1 aromatic carbocycles. The molecule has 1 aromatic rings. The minimum absolute atomic E-state index is 0. The van der Waals surface area contributed by atoms with Gasteiger partial charge in [-0.3, -0.25) is 0 Å². The summed E-state index contributed by atoms with van der Waals surface area (Å²) in [5.74, 6) is 1.85. The van der Waals surface area contributed by atoms with Crippen molar-refractivity contribution >= 4 is 5.69 Å². The Bertz CT molecular complexity index is 501. The van der Waals surface area contributed by atoms with Gasteiger partial charge in [-0.05, 0) is 19.1 Å². The predicted octanol–water partition coefficient (Wildman–Crippen LogP) is -1.50. The molecule has 0 radical (unpaired) electrons. The summed E-state index contributed by atoms with van der Waals surface area (Å²) in [5, 5.41) is 0. The van der Waals surface area contributed by atoms with Crippen LogP contribution in [0, 0.1) is 0 Å². The minimum atomic E-state index is 0. The first kappa shape index (κ1) is 13.8. The summed E-state index contributed by atoms with van der Waals surface area (Å²) < 4.78 is 12.8. The third-order valence-corrected chi connectivity index (χ3v) is 4.95. The van der Waals surface area contributed by atoms with E-state index < -0.39 is 0 Å². The van der Waals surface area contributed by atoms with E-state index in [1.165, 1.54) is 29.8 Å². The first-order valence-electron chi connectivity index (χ1n) is 7.28. The van der Waals surface area contributed by atoms with Crippen LogP contribution in [-0.4, -0.2) is 56.5 Å². The van der Waals surface area contributed by atoms with Crippen LogP contribution in [0.3, 0.4) is 0 Å². The lowest BCUT2D eigenvalue weighted by molar-refractivity contribution is -0.813. The average molecular weight is 297 g/mol. The molecule has 1 spiro atoms. The molecule has 0 saturated carbocycles. The summed E-state index contributed by atoms with van der Waals surface area (Å²) in [4.78, 5) is 2.46. The van der Waals surface area contributed by atoms with Crippen molar-refractivity contribution in [3.8, 4) is 11.5 Å². The number of fused-ring (bicyclic) bond motifs is 1. The zero-order chi connectivity index (χ0) is 12.9. The summed E-state index contributed by atoms with van der Waals surface area (Å²) >= 11 is 0. The van der Waals surface area contributed by atoms with Gasteiger partial charge in [0.15, 0.2) is 11.5 Å². The average Bonchev–Trinajstić information content (AvgIpc) is 3.08. The number of hydrogen-bond donors (Lipinski definition) is 0. The van der Waals surface area contributed by atoms with Gasteiger partial charge in [0.25, 0.3) is 0 Å².